The van der Waals surface area contributed by atoms with Crippen molar-refractivity contribution in [1.29, 1.82) is 0 Å². The van der Waals surface area contributed by atoms with Crippen LogP contribution >= 0.6 is 11.6 Å². The highest BCUT2D eigenvalue weighted by Gasteiger charge is 2.24. The Hall–Kier alpha value is -2.24. The number of rotatable bonds is 5. The average Bonchev–Trinajstić information content (AvgIpc) is 2.63. The van der Waals surface area contributed by atoms with Crippen LogP contribution < -0.4 is 15.1 Å². The number of benzene rings is 2. The van der Waals surface area contributed by atoms with Gasteiger partial charge in [-0.05, 0) is 30.7 Å². The molecule has 138 valence electrons. The number of nitrogens with zero attached hydrogens (tertiary/aromatic N) is 1. The number of anilines is 1. The highest BCUT2D eigenvalue weighted by atomic mass is 35.5. The van der Waals surface area contributed by atoms with Crippen molar-refractivity contribution < 1.29 is 14.8 Å². The molecule has 0 unspecified atom stereocenters. The Morgan fingerprint density at radius 1 is 1.19 bits per heavy atom. The van der Waals surface area contributed by atoms with Crippen LogP contribution in [0.1, 0.15) is 18.5 Å². The third kappa shape index (κ3) is 4.48. The van der Waals surface area contributed by atoms with Crippen LogP contribution in [0.15, 0.2) is 48.5 Å². The molecule has 2 aromatic carbocycles. The van der Waals surface area contributed by atoms with Crippen molar-refractivity contribution in [2.45, 2.75) is 13.0 Å². The highest BCUT2D eigenvalue weighted by molar-refractivity contribution is 6.31. The summed E-state index contributed by atoms with van der Waals surface area (Å²) in [4.78, 5) is 15.8. The van der Waals surface area contributed by atoms with Crippen molar-refractivity contribution in [2.75, 3.05) is 37.6 Å². The number of halogens is 1. The number of amides is 1. The van der Waals surface area contributed by atoms with Crippen molar-refractivity contribution in [2.24, 2.45) is 0 Å². The Morgan fingerprint density at radius 3 is 2.54 bits per heavy atom. The standard InChI is InChI=1S/C20H24ClN3O2/c1-15(16-6-2-3-7-17(16)21)22-20(26)14-23-10-12-24(13-11-23)18-8-4-5-9-19(18)25/h2-9,15,25H,10-14H2,1H3,(H,22,26)/p+1/t15-/m0/s1. The molecular weight excluding hydrogens is 350 g/mol. The predicted molar refractivity (Wildman–Crippen MR) is 104 cm³/mol. The van der Waals surface area contributed by atoms with Gasteiger partial charge >= 0.3 is 0 Å². The lowest BCUT2D eigenvalue weighted by Crippen LogP contribution is -3.15. The van der Waals surface area contributed by atoms with Gasteiger partial charge in [0.25, 0.3) is 5.91 Å². The second-order valence-corrected chi connectivity index (χ2v) is 7.12. The van der Waals surface area contributed by atoms with Gasteiger partial charge in [-0.1, -0.05) is 41.9 Å². The number of nitrogens with one attached hydrogen (secondary N) is 2. The van der Waals surface area contributed by atoms with E-state index in [1.54, 1.807) is 6.07 Å². The zero-order valence-corrected chi connectivity index (χ0v) is 15.7. The van der Waals surface area contributed by atoms with Gasteiger partial charge in [0.05, 0.1) is 37.9 Å². The zero-order chi connectivity index (χ0) is 18.5. The van der Waals surface area contributed by atoms with E-state index in [9.17, 15) is 9.90 Å². The first-order valence-electron chi connectivity index (χ1n) is 8.95. The Labute approximate surface area is 159 Å². The maximum atomic E-state index is 12.4. The van der Waals surface area contributed by atoms with Crippen molar-refractivity contribution in [3.63, 3.8) is 0 Å². The minimum absolute atomic E-state index is 0.0310. The van der Waals surface area contributed by atoms with E-state index < -0.39 is 0 Å². The minimum Gasteiger partial charge on any atom is -0.506 e. The summed E-state index contributed by atoms with van der Waals surface area (Å²) in [6.45, 7) is 5.76. The number of hydrogen-bond donors (Lipinski definition) is 3. The van der Waals surface area contributed by atoms with Gasteiger partial charge in [-0.15, -0.1) is 0 Å². The fourth-order valence-electron chi connectivity index (χ4n) is 3.40. The first-order chi connectivity index (χ1) is 12.5. The Bertz CT molecular complexity index is 760. The first-order valence-corrected chi connectivity index (χ1v) is 9.32. The number of para-hydroxylation sites is 2. The molecule has 3 N–H and O–H groups in total. The van der Waals surface area contributed by atoms with E-state index in [-0.39, 0.29) is 11.9 Å². The molecule has 1 aliphatic heterocycles. The first kappa shape index (κ1) is 18.5. The summed E-state index contributed by atoms with van der Waals surface area (Å²) in [5, 5.41) is 13.7. The fraction of sp³-hybridized carbons (Fsp3) is 0.350. The van der Waals surface area contributed by atoms with E-state index >= 15 is 0 Å². The van der Waals surface area contributed by atoms with E-state index in [0.29, 0.717) is 17.3 Å². The molecule has 5 nitrogen and oxygen atoms in total. The molecule has 1 aliphatic rings. The molecule has 26 heavy (non-hydrogen) atoms. The van der Waals surface area contributed by atoms with Gasteiger partial charge in [-0.2, -0.15) is 0 Å². The number of phenolic OH excluding ortho intramolecular Hbond substituents is 1. The van der Waals surface area contributed by atoms with Crippen LogP contribution in [0.2, 0.25) is 5.02 Å². The quantitative estimate of drug-likeness (QED) is 0.745. The van der Waals surface area contributed by atoms with E-state index in [2.05, 4.69) is 10.2 Å². The summed E-state index contributed by atoms with van der Waals surface area (Å²) < 4.78 is 0. The Kier molecular flexibility index (Phi) is 6.01. The van der Waals surface area contributed by atoms with Gasteiger partial charge in [0, 0.05) is 5.02 Å². The van der Waals surface area contributed by atoms with Crippen molar-refractivity contribution in [3.8, 4) is 5.75 Å². The number of phenols is 1. The molecule has 1 saturated heterocycles. The van der Waals surface area contributed by atoms with Crippen LogP contribution in [-0.2, 0) is 4.79 Å². The summed E-state index contributed by atoms with van der Waals surface area (Å²) in [5.74, 6) is 0.339. The monoisotopic (exact) mass is 374 g/mol. The zero-order valence-electron chi connectivity index (χ0n) is 14.9. The van der Waals surface area contributed by atoms with E-state index in [1.165, 1.54) is 4.90 Å². The second-order valence-electron chi connectivity index (χ2n) is 6.71. The SMILES string of the molecule is C[C@H](NC(=O)C[NH+]1CCN(c2ccccc2O)CC1)c1ccccc1Cl. The van der Waals surface area contributed by atoms with Gasteiger partial charge in [-0.25, -0.2) is 0 Å². The van der Waals surface area contributed by atoms with Crippen LogP contribution in [0.3, 0.4) is 0 Å². The third-order valence-corrected chi connectivity index (χ3v) is 5.20. The van der Waals surface area contributed by atoms with Crippen LogP contribution in [0.5, 0.6) is 5.75 Å². The van der Waals surface area contributed by atoms with Gasteiger partial charge < -0.3 is 20.2 Å². The molecule has 1 fully saturated rings. The lowest BCUT2D eigenvalue weighted by Gasteiger charge is -2.33. The number of piperazine rings is 1. The lowest BCUT2D eigenvalue weighted by atomic mass is 10.1. The Morgan fingerprint density at radius 2 is 1.85 bits per heavy atom. The maximum Gasteiger partial charge on any atom is 0.275 e. The molecule has 0 bridgehead atoms. The summed E-state index contributed by atoms with van der Waals surface area (Å²) in [7, 11) is 0. The van der Waals surface area contributed by atoms with Crippen LogP contribution in [0.25, 0.3) is 0 Å². The summed E-state index contributed by atoms with van der Waals surface area (Å²) in [6, 6.07) is 14.9. The van der Waals surface area contributed by atoms with Crippen LogP contribution in [0.4, 0.5) is 5.69 Å². The minimum atomic E-state index is -0.113. The fourth-order valence-corrected chi connectivity index (χ4v) is 3.70. The average molecular weight is 375 g/mol. The van der Waals surface area contributed by atoms with Crippen molar-refractivity contribution in [1.82, 2.24) is 5.32 Å². The summed E-state index contributed by atoms with van der Waals surface area (Å²) >= 11 is 6.20. The molecule has 0 aliphatic carbocycles. The van der Waals surface area contributed by atoms with E-state index in [1.807, 2.05) is 49.4 Å². The van der Waals surface area contributed by atoms with E-state index in [4.69, 9.17) is 11.6 Å². The molecule has 2 aromatic rings. The van der Waals surface area contributed by atoms with Crippen LogP contribution in [-0.4, -0.2) is 43.7 Å². The number of hydrogen-bond acceptors (Lipinski definition) is 3. The maximum absolute atomic E-state index is 12.4. The van der Waals surface area contributed by atoms with Crippen molar-refractivity contribution >= 4 is 23.2 Å². The largest absolute Gasteiger partial charge is 0.506 e. The number of carbonyl (C=O) groups is 1. The van der Waals surface area contributed by atoms with Gasteiger partial charge in [-0.3, -0.25) is 4.79 Å². The normalized spacial score (nSPS) is 16.3. The van der Waals surface area contributed by atoms with Gasteiger partial charge in [0.1, 0.15) is 5.75 Å². The molecule has 1 heterocycles. The smallest absolute Gasteiger partial charge is 0.275 e. The summed E-state index contributed by atoms with van der Waals surface area (Å²) in [6.07, 6.45) is 0. The number of quaternary nitrogens is 1. The topological polar surface area (TPSA) is 57.0 Å². The molecule has 0 aromatic heterocycles. The third-order valence-electron chi connectivity index (χ3n) is 4.85. The van der Waals surface area contributed by atoms with E-state index in [0.717, 1.165) is 37.4 Å². The number of carbonyl (C=O) groups excluding carboxylic acids is 1. The molecule has 0 radical (unpaired) electrons. The van der Waals surface area contributed by atoms with Gasteiger partial charge in [0.2, 0.25) is 0 Å². The molecule has 1 amide bonds. The van der Waals surface area contributed by atoms with Crippen molar-refractivity contribution in [3.05, 3.63) is 59.1 Å². The Balaban J connectivity index is 1.49. The molecule has 6 heteroatoms. The molecule has 0 saturated carbocycles. The highest BCUT2D eigenvalue weighted by Crippen LogP contribution is 2.26. The molecule has 1 atom stereocenters. The van der Waals surface area contributed by atoms with Gasteiger partial charge in [0.15, 0.2) is 6.54 Å². The molecule has 3 rings (SSSR count). The predicted octanol–water partition coefficient (Wildman–Crippen LogP) is 1.63. The summed E-state index contributed by atoms with van der Waals surface area (Å²) in [5.41, 5.74) is 1.80. The molecule has 0 spiro atoms. The molecular formula is C20H25ClN3O2+. The van der Waals surface area contributed by atoms with Crippen LogP contribution in [0, 0.1) is 0 Å². The number of aromatic hydroxyl groups is 1. The second kappa shape index (κ2) is 8.43. The lowest BCUT2D eigenvalue weighted by molar-refractivity contribution is -0.892.